The van der Waals surface area contributed by atoms with E-state index in [2.05, 4.69) is 42.3 Å². The lowest BCUT2D eigenvalue weighted by Gasteiger charge is -2.13. The molecule has 0 aliphatic carbocycles. The third kappa shape index (κ3) is 3.35. The first-order valence-corrected chi connectivity index (χ1v) is 7.57. The Bertz CT molecular complexity index is 741. The molecule has 1 aromatic heterocycles. The summed E-state index contributed by atoms with van der Waals surface area (Å²) in [7, 11) is 1.64. The van der Waals surface area contributed by atoms with Crippen LogP contribution in [0.5, 0.6) is 0 Å². The third-order valence-electron chi connectivity index (χ3n) is 3.01. The minimum Gasteiger partial charge on any atom is -0.320 e. The molecule has 2 rings (SSSR count). The second-order valence-corrected chi connectivity index (χ2v) is 6.22. The van der Waals surface area contributed by atoms with Crippen molar-refractivity contribution in [1.29, 1.82) is 0 Å². The molecule has 2 aromatic rings. The molecule has 0 saturated heterocycles. The summed E-state index contributed by atoms with van der Waals surface area (Å²) in [5.41, 5.74) is -0.539. The standard InChI is InChI=1S/C13H10Br2F3N3O/c1-6-10(15)11(20-21(6)2)12(22)19-9-4-3-7(14)5-8(9)13(16,17)18/h3-5H,1-2H3,(H,19,22). The number of nitrogens with one attached hydrogen (secondary N) is 1. The predicted molar refractivity (Wildman–Crippen MR) is 82.7 cm³/mol. The van der Waals surface area contributed by atoms with E-state index in [0.29, 0.717) is 10.2 Å². The molecule has 4 nitrogen and oxygen atoms in total. The van der Waals surface area contributed by atoms with Gasteiger partial charge in [-0.25, -0.2) is 0 Å². The van der Waals surface area contributed by atoms with E-state index < -0.39 is 17.6 Å². The molecule has 22 heavy (non-hydrogen) atoms. The maximum atomic E-state index is 13.0. The minimum atomic E-state index is -4.58. The Hall–Kier alpha value is -1.35. The summed E-state index contributed by atoms with van der Waals surface area (Å²) in [5, 5.41) is 6.24. The Balaban J connectivity index is 2.39. The fourth-order valence-corrected chi connectivity index (χ4v) is 2.65. The number of halogens is 5. The van der Waals surface area contributed by atoms with Crippen molar-refractivity contribution in [2.45, 2.75) is 13.1 Å². The fourth-order valence-electron chi connectivity index (χ4n) is 1.77. The van der Waals surface area contributed by atoms with Crippen LogP contribution in [0.3, 0.4) is 0 Å². The van der Waals surface area contributed by atoms with Gasteiger partial charge in [0.15, 0.2) is 5.69 Å². The topological polar surface area (TPSA) is 46.9 Å². The molecule has 118 valence electrons. The van der Waals surface area contributed by atoms with Gasteiger partial charge >= 0.3 is 6.18 Å². The van der Waals surface area contributed by atoms with Crippen molar-refractivity contribution in [3.63, 3.8) is 0 Å². The highest BCUT2D eigenvalue weighted by Gasteiger charge is 2.34. The van der Waals surface area contributed by atoms with Gasteiger partial charge in [-0.15, -0.1) is 0 Å². The SMILES string of the molecule is Cc1c(Br)c(C(=O)Nc2ccc(Br)cc2C(F)(F)F)nn1C. The summed E-state index contributed by atoms with van der Waals surface area (Å²) in [6.45, 7) is 1.73. The Morgan fingerprint density at radius 2 is 1.95 bits per heavy atom. The molecule has 0 fully saturated rings. The van der Waals surface area contributed by atoms with Gasteiger partial charge in [-0.05, 0) is 41.1 Å². The van der Waals surface area contributed by atoms with Gasteiger partial charge in [0.2, 0.25) is 0 Å². The van der Waals surface area contributed by atoms with E-state index in [4.69, 9.17) is 0 Å². The van der Waals surface area contributed by atoms with Crippen LogP contribution in [-0.2, 0) is 13.2 Å². The molecule has 0 bridgehead atoms. The van der Waals surface area contributed by atoms with E-state index in [9.17, 15) is 18.0 Å². The lowest BCUT2D eigenvalue weighted by Crippen LogP contribution is -2.17. The van der Waals surface area contributed by atoms with Gasteiger partial charge in [0.05, 0.1) is 21.4 Å². The number of benzene rings is 1. The van der Waals surface area contributed by atoms with E-state index >= 15 is 0 Å². The number of amides is 1. The van der Waals surface area contributed by atoms with Gasteiger partial charge in [0.25, 0.3) is 5.91 Å². The number of aromatic nitrogens is 2. The molecule has 9 heteroatoms. The maximum Gasteiger partial charge on any atom is 0.418 e. The maximum absolute atomic E-state index is 13.0. The molecular formula is C13H10Br2F3N3O. The number of alkyl halides is 3. The van der Waals surface area contributed by atoms with Crippen molar-refractivity contribution in [3.8, 4) is 0 Å². The molecule has 1 amide bonds. The summed E-state index contributed by atoms with van der Waals surface area (Å²) in [6.07, 6.45) is -4.58. The molecule has 1 N–H and O–H groups in total. The van der Waals surface area contributed by atoms with E-state index in [0.717, 1.165) is 6.07 Å². The lowest BCUT2D eigenvalue weighted by molar-refractivity contribution is -0.136. The number of hydrogen-bond donors (Lipinski definition) is 1. The van der Waals surface area contributed by atoms with Crippen molar-refractivity contribution in [2.24, 2.45) is 7.05 Å². The molecule has 0 unspecified atom stereocenters. The fraction of sp³-hybridized carbons (Fsp3) is 0.231. The normalized spacial score (nSPS) is 11.6. The van der Waals surface area contributed by atoms with Crippen molar-refractivity contribution in [2.75, 3.05) is 5.32 Å². The molecule has 0 radical (unpaired) electrons. The number of hydrogen-bond acceptors (Lipinski definition) is 2. The van der Waals surface area contributed by atoms with E-state index in [1.807, 2.05) is 0 Å². The molecule has 0 aliphatic rings. The predicted octanol–water partition coefficient (Wildman–Crippen LogP) is 4.52. The summed E-state index contributed by atoms with van der Waals surface area (Å²) in [4.78, 5) is 12.2. The first-order chi connectivity index (χ1) is 10.1. The van der Waals surface area contributed by atoms with Gasteiger partial charge < -0.3 is 5.32 Å². The van der Waals surface area contributed by atoms with E-state index in [-0.39, 0.29) is 15.9 Å². The summed E-state index contributed by atoms with van der Waals surface area (Å²) < 4.78 is 41.3. The zero-order valence-corrected chi connectivity index (χ0v) is 14.6. The Morgan fingerprint density at radius 1 is 1.32 bits per heavy atom. The van der Waals surface area contributed by atoms with Gasteiger partial charge in [0.1, 0.15) is 0 Å². The largest absolute Gasteiger partial charge is 0.418 e. The quantitative estimate of drug-likeness (QED) is 0.745. The molecule has 0 aliphatic heterocycles. The smallest absolute Gasteiger partial charge is 0.320 e. The zero-order valence-electron chi connectivity index (χ0n) is 11.4. The number of nitrogens with zero attached hydrogens (tertiary/aromatic N) is 2. The monoisotopic (exact) mass is 439 g/mol. The van der Waals surface area contributed by atoms with Crippen LogP contribution >= 0.6 is 31.9 Å². The van der Waals surface area contributed by atoms with Crippen molar-refractivity contribution < 1.29 is 18.0 Å². The highest BCUT2D eigenvalue weighted by Crippen LogP contribution is 2.37. The Kier molecular flexibility index (Phi) is 4.67. The van der Waals surface area contributed by atoms with Crippen LogP contribution in [0, 0.1) is 6.92 Å². The first kappa shape index (κ1) is 17.0. The van der Waals surface area contributed by atoms with Crippen LogP contribution in [-0.4, -0.2) is 15.7 Å². The van der Waals surface area contributed by atoms with Gasteiger partial charge in [-0.2, -0.15) is 18.3 Å². The molecule has 1 aromatic carbocycles. The van der Waals surface area contributed by atoms with Crippen molar-refractivity contribution in [1.82, 2.24) is 9.78 Å². The van der Waals surface area contributed by atoms with Gasteiger partial charge in [0, 0.05) is 11.5 Å². The Labute approximate surface area is 140 Å². The van der Waals surface area contributed by atoms with Crippen LogP contribution < -0.4 is 5.32 Å². The average molecular weight is 441 g/mol. The molecule has 0 atom stereocenters. The van der Waals surface area contributed by atoms with Crippen LogP contribution in [0.4, 0.5) is 18.9 Å². The number of rotatable bonds is 2. The van der Waals surface area contributed by atoms with Gasteiger partial charge in [-0.3, -0.25) is 9.48 Å². The highest BCUT2D eigenvalue weighted by molar-refractivity contribution is 9.10. The summed E-state index contributed by atoms with van der Waals surface area (Å²) >= 11 is 6.20. The second-order valence-electron chi connectivity index (χ2n) is 4.51. The van der Waals surface area contributed by atoms with Crippen molar-refractivity contribution in [3.05, 3.63) is 44.1 Å². The Morgan fingerprint density at radius 3 is 2.45 bits per heavy atom. The first-order valence-electron chi connectivity index (χ1n) is 5.98. The van der Waals surface area contributed by atoms with Crippen LogP contribution in [0.1, 0.15) is 21.7 Å². The number of carbonyl (C=O) groups is 1. The third-order valence-corrected chi connectivity index (χ3v) is 4.45. The number of anilines is 1. The van der Waals surface area contributed by atoms with Crippen molar-refractivity contribution >= 4 is 43.5 Å². The average Bonchev–Trinajstić information content (AvgIpc) is 2.67. The molecule has 0 saturated carbocycles. The van der Waals surface area contributed by atoms with Gasteiger partial charge in [-0.1, -0.05) is 15.9 Å². The summed E-state index contributed by atoms with van der Waals surface area (Å²) in [5.74, 6) is -0.719. The van der Waals surface area contributed by atoms with E-state index in [1.165, 1.54) is 16.8 Å². The number of carbonyl (C=O) groups excluding carboxylic acids is 1. The number of aryl methyl sites for hydroxylation is 1. The zero-order chi connectivity index (χ0) is 16.7. The summed E-state index contributed by atoms with van der Waals surface area (Å²) in [6, 6.07) is 3.52. The molecular weight excluding hydrogens is 431 g/mol. The van der Waals surface area contributed by atoms with Crippen LogP contribution in [0.2, 0.25) is 0 Å². The highest BCUT2D eigenvalue weighted by atomic mass is 79.9. The molecule has 0 spiro atoms. The lowest BCUT2D eigenvalue weighted by atomic mass is 10.1. The van der Waals surface area contributed by atoms with Crippen LogP contribution in [0.25, 0.3) is 0 Å². The minimum absolute atomic E-state index is 0.0241. The molecule has 1 heterocycles. The second kappa shape index (κ2) is 6.04. The van der Waals surface area contributed by atoms with E-state index in [1.54, 1.807) is 14.0 Å². The van der Waals surface area contributed by atoms with Crippen LogP contribution in [0.15, 0.2) is 27.1 Å².